The number of carbonyl (C=O) groups is 5. The van der Waals surface area contributed by atoms with Gasteiger partial charge < -0.3 is 29.1 Å². The lowest BCUT2D eigenvalue weighted by molar-refractivity contribution is -0.171. The Balaban J connectivity index is 0.000000306. The third-order valence-corrected chi connectivity index (χ3v) is 11.0. The third-order valence-electron chi connectivity index (χ3n) is 11.0. The summed E-state index contributed by atoms with van der Waals surface area (Å²) in [7, 11) is 0. The summed E-state index contributed by atoms with van der Waals surface area (Å²) < 4.78 is 93.4. The number of halogens is 6. The van der Waals surface area contributed by atoms with E-state index >= 15 is 0 Å². The van der Waals surface area contributed by atoms with E-state index in [1.807, 2.05) is 0 Å². The summed E-state index contributed by atoms with van der Waals surface area (Å²) in [5.41, 5.74) is -2.33. The van der Waals surface area contributed by atoms with Gasteiger partial charge in [0.2, 0.25) is 11.8 Å². The minimum absolute atomic E-state index is 0. The van der Waals surface area contributed by atoms with Gasteiger partial charge in [-0.05, 0) is 99.8 Å². The molecular formula is C39H62F6N4O9. The number of carbonyl (C=O) groups excluding carboxylic acids is 5. The number of likely N-dealkylation sites (tertiary alicyclic amines) is 2. The molecule has 0 aromatic rings. The molecule has 13 nitrogen and oxygen atoms in total. The van der Waals surface area contributed by atoms with Gasteiger partial charge in [0.15, 0.2) is 0 Å². The van der Waals surface area contributed by atoms with Gasteiger partial charge in [-0.15, -0.1) is 0 Å². The number of esters is 1. The molecule has 6 fully saturated rings. The number of amides is 4. The second-order valence-electron chi connectivity index (χ2n) is 19.0. The quantitative estimate of drug-likeness (QED) is 0.187. The first kappa shape index (κ1) is 48.9. The van der Waals surface area contributed by atoms with Crippen molar-refractivity contribution in [1.29, 1.82) is 0 Å². The van der Waals surface area contributed by atoms with Crippen LogP contribution in [0.25, 0.3) is 0 Å². The van der Waals surface area contributed by atoms with E-state index in [0.29, 0.717) is 25.7 Å². The SMILES string of the molecule is C.C.CC(C)(C)OC(=O)N1[C@@H]2CC3C[C@H]1[C@H](O)C2N(C(=O)CC(F)(F)F)C3.CC(C)(C)OC(=O)N1[C@@H]2CC3C[C@H]1[C@H](OC(=O)C(C)(C)C)C2N(C(=O)CC(F)(F)F)C3. The minimum Gasteiger partial charge on any atom is -0.457 e. The van der Waals surface area contributed by atoms with E-state index in [1.54, 1.807) is 62.3 Å². The van der Waals surface area contributed by atoms with Crippen molar-refractivity contribution in [2.75, 3.05) is 13.1 Å². The van der Waals surface area contributed by atoms with E-state index < -0.39 is 120 Å². The van der Waals surface area contributed by atoms with E-state index in [0.717, 1.165) is 4.90 Å². The summed E-state index contributed by atoms with van der Waals surface area (Å²) in [5.74, 6) is -2.71. The number of hydrogen-bond donors (Lipinski definition) is 1. The molecule has 10 atom stereocenters. The van der Waals surface area contributed by atoms with Crippen LogP contribution in [0.3, 0.4) is 0 Å². The summed E-state index contributed by atoms with van der Waals surface area (Å²) >= 11 is 0. The van der Waals surface area contributed by atoms with Crippen LogP contribution in [0.2, 0.25) is 0 Å². The third kappa shape index (κ3) is 10.6. The number of piperidine rings is 4. The fraction of sp³-hybridized carbons (Fsp3) is 0.872. The van der Waals surface area contributed by atoms with Gasteiger partial charge in [0.05, 0.1) is 47.8 Å². The number of hydrogen-bond acceptors (Lipinski definition) is 9. The highest BCUT2D eigenvalue weighted by atomic mass is 19.4. The maximum absolute atomic E-state index is 13.0. The van der Waals surface area contributed by atoms with Crippen LogP contribution in [-0.4, -0.2) is 140 Å². The number of fused-ring (bicyclic) bond motifs is 4. The Morgan fingerprint density at radius 1 is 0.586 bits per heavy atom. The lowest BCUT2D eigenvalue weighted by Gasteiger charge is -2.46. The number of aliphatic hydroxyl groups is 1. The smallest absolute Gasteiger partial charge is 0.410 e. The molecule has 19 heteroatoms. The normalized spacial score (nSPS) is 31.1. The molecule has 58 heavy (non-hydrogen) atoms. The maximum Gasteiger partial charge on any atom is 0.410 e. The Bertz CT molecular complexity index is 1560. The molecule has 0 aromatic carbocycles. The highest BCUT2D eigenvalue weighted by Crippen LogP contribution is 2.49. The Hall–Kier alpha value is -3.51. The van der Waals surface area contributed by atoms with Crippen LogP contribution < -0.4 is 0 Å². The summed E-state index contributed by atoms with van der Waals surface area (Å²) in [6.07, 6.45) is -13.5. The van der Waals surface area contributed by atoms with E-state index in [2.05, 4.69) is 0 Å². The number of rotatable bonds is 3. The molecule has 0 radical (unpaired) electrons. The predicted octanol–water partition coefficient (Wildman–Crippen LogP) is 6.69. The van der Waals surface area contributed by atoms with E-state index in [4.69, 9.17) is 14.2 Å². The van der Waals surface area contributed by atoms with Gasteiger partial charge in [-0.25, -0.2) is 9.59 Å². The molecule has 0 spiro atoms. The lowest BCUT2D eigenvalue weighted by Crippen LogP contribution is -2.59. The fourth-order valence-corrected chi connectivity index (χ4v) is 9.19. The van der Waals surface area contributed by atoms with Gasteiger partial charge in [0.25, 0.3) is 0 Å². The first-order chi connectivity index (χ1) is 25.3. The van der Waals surface area contributed by atoms with Crippen molar-refractivity contribution in [1.82, 2.24) is 19.6 Å². The van der Waals surface area contributed by atoms with Crippen LogP contribution in [-0.2, 0) is 28.6 Å². The summed E-state index contributed by atoms with van der Waals surface area (Å²) in [6.45, 7) is 15.7. The van der Waals surface area contributed by atoms with Gasteiger partial charge in [-0.1, -0.05) is 14.9 Å². The number of nitrogens with zero attached hydrogens (tertiary/aromatic N) is 4. The molecule has 1 N–H and O–H groups in total. The van der Waals surface area contributed by atoms with Crippen LogP contribution in [0.15, 0.2) is 0 Å². The van der Waals surface area contributed by atoms with Crippen molar-refractivity contribution in [3.8, 4) is 0 Å². The van der Waals surface area contributed by atoms with Gasteiger partial charge in [0.1, 0.15) is 30.1 Å². The molecular weight excluding hydrogens is 782 g/mol. The van der Waals surface area contributed by atoms with Crippen molar-refractivity contribution in [2.45, 2.75) is 188 Å². The fourth-order valence-electron chi connectivity index (χ4n) is 9.19. The van der Waals surface area contributed by atoms with Gasteiger partial charge >= 0.3 is 30.5 Å². The molecule has 6 bridgehead atoms. The van der Waals surface area contributed by atoms with Crippen LogP contribution in [0.5, 0.6) is 0 Å². The first-order valence-electron chi connectivity index (χ1n) is 19.0. The Labute approximate surface area is 337 Å². The Morgan fingerprint density at radius 3 is 1.34 bits per heavy atom. The number of aliphatic hydroxyl groups excluding tert-OH is 1. The average Bonchev–Trinajstić information content (AvgIpc) is 3.16. The molecule has 0 saturated carbocycles. The second-order valence-corrected chi connectivity index (χ2v) is 19.0. The van der Waals surface area contributed by atoms with E-state index in [1.165, 1.54) is 14.7 Å². The summed E-state index contributed by atoms with van der Waals surface area (Å²) in [4.78, 5) is 68.1. The zero-order valence-electron chi connectivity index (χ0n) is 33.2. The molecule has 334 valence electrons. The van der Waals surface area contributed by atoms with Crippen molar-refractivity contribution in [3.05, 3.63) is 0 Å². The molecule has 0 aliphatic carbocycles. The number of ether oxygens (including phenoxy) is 3. The van der Waals surface area contributed by atoms with Crippen molar-refractivity contribution in [3.63, 3.8) is 0 Å². The first-order valence-corrected chi connectivity index (χ1v) is 19.0. The van der Waals surface area contributed by atoms with E-state index in [-0.39, 0.29) is 39.8 Å². The molecule has 6 aliphatic rings. The van der Waals surface area contributed by atoms with E-state index in [9.17, 15) is 55.4 Å². The zero-order valence-corrected chi connectivity index (χ0v) is 33.2. The lowest BCUT2D eigenvalue weighted by atomic mass is 9.86. The second kappa shape index (κ2) is 16.5. The monoisotopic (exact) mass is 844 g/mol. The zero-order chi connectivity index (χ0) is 42.2. The predicted molar refractivity (Wildman–Crippen MR) is 198 cm³/mol. The Morgan fingerprint density at radius 2 is 0.948 bits per heavy atom. The van der Waals surface area contributed by atoms with Crippen LogP contribution in [0.1, 0.15) is 116 Å². The van der Waals surface area contributed by atoms with Gasteiger partial charge in [-0.3, -0.25) is 24.2 Å². The average molecular weight is 845 g/mol. The highest BCUT2D eigenvalue weighted by molar-refractivity contribution is 5.80. The molecule has 6 rings (SSSR count). The van der Waals surface area contributed by atoms with Crippen molar-refractivity contribution in [2.24, 2.45) is 17.3 Å². The Kier molecular flexibility index (Phi) is 13.9. The van der Waals surface area contributed by atoms with Gasteiger partial charge in [-0.2, -0.15) is 26.3 Å². The summed E-state index contributed by atoms with van der Waals surface area (Å²) in [5, 5.41) is 10.6. The number of alkyl halides is 6. The van der Waals surface area contributed by atoms with Crippen molar-refractivity contribution < 1.29 is 69.6 Å². The molecule has 6 aliphatic heterocycles. The molecule has 4 unspecified atom stereocenters. The van der Waals surface area contributed by atoms with Crippen LogP contribution in [0, 0.1) is 17.3 Å². The summed E-state index contributed by atoms with van der Waals surface area (Å²) in [6, 6.07) is -3.74. The topological polar surface area (TPSA) is 146 Å². The van der Waals surface area contributed by atoms with Gasteiger partial charge in [0, 0.05) is 13.1 Å². The van der Waals surface area contributed by atoms with Crippen LogP contribution in [0.4, 0.5) is 35.9 Å². The molecule has 6 saturated heterocycles. The van der Waals surface area contributed by atoms with Crippen molar-refractivity contribution >= 4 is 30.0 Å². The largest absolute Gasteiger partial charge is 0.457 e. The molecule has 4 amide bonds. The standard InChI is InChI=1S/C21H31F3N2O5.C16H23F3N2O4.2CH4/c1-19(2,3)17(28)30-16-13-8-11-7-12(26(13)18(29)31-20(4,5)6)15(16)25(10-11)14(27)9-21(22,23)24;1-15(2,3)25-14(24)21-9-4-8-5-10(21)13(23)12(9)20(7-8)11(22)6-16(17,18)19;;/h11-13,15-16H,7-10H2,1-6H3;8-10,12-13,23H,4-7H2,1-3H3;2*1H4/t11?,12-,13+,15?,16+;8?,9-,10+,12?,13+;;/m11../s1. The van der Waals surface area contributed by atoms with Crippen LogP contribution >= 0.6 is 0 Å². The highest BCUT2D eigenvalue weighted by Gasteiger charge is 2.64. The maximum atomic E-state index is 13.0. The molecule has 0 aromatic heterocycles. The minimum atomic E-state index is -4.64. The molecule has 6 heterocycles.